The zero-order valence-corrected chi connectivity index (χ0v) is 11.5. The van der Waals surface area contributed by atoms with Crippen molar-refractivity contribution < 1.29 is 4.74 Å². The molecule has 3 rings (SSSR count). The molecule has 1 aliphatic heterocycles. The van der Waals surface area contributed by atoms with Gasteiger partial charge in [0.1, 0.15) is 12.1 Å². The molecule has 1 N–H and O–H groups in total. The molecule has 5 heteroatoms. The number of anilines is 1. The number of methoxy groups -OCH3 is 1. The molecule has 0 spiro atoms. The Hall–Kier alpha value is -1.36. The fourth-order valence-corrected chi connectivity index (χ4v) is 2.70. The van der Waals surface area contributed by atoms with Crippen LogP contribution in [0.3, 0.4) is 0 Å². The summed E-state index contributed by atoms with van der Waals surface area (Å²) in [5, 5.41) is 3.64. The van der Waals surface area contributed by atoms with Crippen LogP contribution in [0.15, 0.2) is 12.4 Å². The zero-order valence-electron chi connectivity index (χ0n) is 11.5. The lowest BCUT2D eigenvalue weighted by Gasteiger charge is -2.36. The van der Waals surface area contributed by atoms with Crippen LogP contribution in [0.25, 0.3) is 0 Å². The van der Waals surface area contributed by atoms with E-state index in [2.05, 4.69) is 20.2 Å². The van der Waals surface area contributed by atoms with Crippen molar-refractivity contribution in [1.29, 1.82) is 0 Å². The lowest BCUT2D eigenvalue weighted by atomic mass is 10.0. The molecule has 0 bridgehead atoms. The molecule has 2 aliphatic rings. The highest BCUT2D eigenvalue weighted by molar-refractivity contribution is 5.42. The smallest absolute Gasteiger partial charge is 0.218 e. The largest absolute Gasteiger partial charge is 0.481 e. The van der Waals surface area contributed by atoms with Crippen LogP contribution in [0.5, 0.6) is 5.88 Å². The highest BCUT2D eigenvalue weighted by Crippen LogP contribution is 2.25. The van der Waals surface area contributed by atoms with E-state index in [4.69, 9.17) is 4.74 Å². The third-order valence-electron chi connectivity index (χ3n) is 3.98. The number of hydrogen-bond donors (Lipinski definition) is 1. The maximum atomic E-state index is 5.20. The Bertz CT molecular complexity index is 422. The summed E-state index contributed by atoms with van der Waals surface area (Å²) >= 11 is 0. The molecule has 0 radical (unpaired) electrons. The summed E-state index contributed by atoms with van der Waals surface area (Å²) in [4.78, 5) is 10.9. The number of nitrogens with one attached hydrogen (secondary N) is 1. The maximum Gasteiger partial charge on any atom is 0.218 e. The van der Waals surface area contributed by atoms with Crippen molar-refractivity contribution in [1.82, 2.24) is 15.3 Å². The number of nitrogens with zero attached hydrogens (tertiary/aromatic N) is 3. The van der Waals surface area contributed by atoms with Gasteiger partial charge in [0.2, 0.25) is 5.88 Å². The van der Waals surface area contributed by atoms with Crippen LogP contribution in [0.2, 0.25) is 0 Å². The number of hydrogen-bond acceptors (Lipinski definition) is 5. The van der Waals surface area contributed by atoms with Gasteiger partial charge >= 0.3 is 0 Å². The first-order valence-electron chi connectivity index (χ1n) is 7.23. The van der Waals surface area contributed by atoms with Crippen molar-refractivity contribution in [3.63, 3.8) is 0 Å². The fraction of sp³-hybridized carbons (Fsp3) is 0.714. The Morgan fingerprint density at radius 3 is 3.00 bits per heavy atom. The van der Waals surface area contributed by atoms with E-state index in [9.17, 15) is 0 Å². The maximum absolute atomic E-state index is 5.20. The van der Waals surface area contributed by atoms with Gasteiger partial charge in [-0.15, -0.1) is 0 Å². The van der Waals surface area contributed by atoms with Crippen molar-refractivity contribution in [3.8, 4) is 5.88 Å². The molecule has 1 aromatic heterocycles. The highest BCUT2D eigenvalue weighted by Gasteiger charge is 2.27. The molecule has 1 saturated carbocycles. The number of aromatic nitrogens is 2. The molecular formula is C14H22N4O. The van der Waals surface area contributed by atoms with E-state index in [1.165, 1.54) is 32.1 Å². The summed E-state index contributed by atoms with van der Waals surface area (Å²) in [7, 11) is 1.65. The SMILES string of the molecule is COc1cc(N2CCCCC2CNC2CC2)ncn1. The minimum Gasteiger partial charge on any atom is -0.481 e. The third kappa shape index (κ3) is 3.15. The molecule has 1 unspecified atom stereocenters. The molecule has 2 heterocycles. The van der Waals surface area contributed by atoms with Crippen LogP contribution in [0.4, 0.5) is 5.82 Å². The molecule has 1 aromatic rings. The lowest BCUT2D eigenvalue weighted by molar-refractivity contribution is 0.394. The fourth-order valence-electron chi connectivity index (χ4n) is 2.70. The average Bonchev–Trinajstić information content (AvgIpc) is 3.30. The Balaban J connectivity index is 1.70. The van der Waals surface area contributed by atoms with E-state index in [1.807, 2.05) is 6.07 Å². The second-order valence-corrected chi connectivity index (χ2v) is 5.44. The van der Waals surface area contributed by atoms with E-state index < -0.39 is 0 Å². The van der Waals surface area contributed by atoms with Gasteiger partial charge < -0.3 is 15.0 Å². The van der Waals surface area contributed by atoms with Gasteiger partial charge in [-0.3, -0.25) is 0 Å². The van der Waals surface area contributed by atoms with Gasteiger partial charge in [-0.2, -0.15) is 0 Å². The minimum atomic E-state index is 0.550. The van der Waals surface area contributed by atoms with E-state index in [-0.39, 0.29) is 0 Å². The van der Waals surface area contributed by atoms with Crippen LogP contribution in [0.1, 0.15) is 32.1 Å². The molecule has 19 heavy (non-hydrogen) atoms. The monoisotopic (exact) mass is 262 g/mol. The van der Waals surface area contributed by atoms with Gasteiger partial charge in [0.25, 0.3) is 0 Å². The molecule has 0 amide bonds. The van der Waals surface area contributed by atoms with Crippen LogP contribution in [-0.2, 0) is 0 Å². The number of rotatable bonds is 5. The first kappa shape index (κ1) is 12.7. The van der Waals surface area contributed by atoms with Gasteiger partial charge in [-0.1, -0.05) is 0 Å². The van der Waals surface area contributed by atoms with Crippen molar-refractivity contribution in [2.45, 2.75) is 44.2 Å². The summed E-state index contributed by atoms with van der Waals surface area (Å²) < 4.78 is 5.20. The van der Waals surface area contributed by atoms with Crippen LogP contribution in [-0.4, -0.2) is 42.3 Å². The highest BCUT2D eigenvalue weighted by atomic mass is 16.5. The zero-order chi connectivity index (χ0) is 13.1. The van der Waals surface area contributed by atoms with Crippen molar-refractivity contribution in [2.75, 3.05) is 25.1 Å². The summed E-state index contributed by atoms with van der Waals surface area (Å²) in [5.41, 5.74) is 0. The molecule has 1 aliphatic carbocycles. The molecule has 104 valence electrons. The quantitative estimate of drug-likeness (QED) is 0.873. The Morgan fingerprint density at radius 2 is 2.21 bits per heavy atom. The van der Waals surface area contributed by atoms with E-state index in [0.717, 1.165) is 24.9 Å². The molecule has 5 nitrogen and oxygen atoms in total. The number of piperidine rings is 1. The Kier molecular flexibility index (Phi) is 3.82. The van der Waals surface area contributed by atoms with Crippen LogP contribution < -0.4 is 15.0 Å². The van der Waals surface area contributed by atoms with Gasteiger partial charge in [-0.25, -0.2) is 9.97 Å². The average molecular weight is 262 g/mol. The standard InChI is InChI=1S/C14H22N4O/c1-19-14-8-13(16-10-17-14)18-7-3-2-4-12(18)9-15-11-5-6-11/h8,10-12,15H,2-7,9H2,1H3. The van der Waals surface area contributed by atoms with Crippen molar-refractivity contribution in [3.05, 3.63) is 12.4 Å². The van der Waals surface area contributed by atoms with Gasteiger partial charge in [0.05, 0.1) is 7.11 Å². The summed E-state index contributed by atoms with van der Waals surface area (Å²) in [6.07, 6.45) is 8.07. The van der Waals surface area contributed by atoms with Gasteiger partial charge in [0, 0.05) is 31.2 Å². The first-order valence-corrected chi connectivity index (χ1v) is 7.23. The summed E-state index contributed by atoms with van der Waals surface area (Å²) in [6, 6.07) is 3.26. The topological polar surface area (TPSA) is 50.3 Å². The second kappa shape index (κ2) is 5.74. The molecular weight excluding hydrogens is 240 g/mol. The third-order valence-corrected chi connectivity index (χ3v) is 3.98. The van der Waals surface area contributed by atoms with Crippen molar-refractivity contribution in [2.24, 2.45) is 0 Å². The van der Waals surface area contributed by atoms with Crippen LogP contribution >= 0.6 is 0 Å². The predicted molar refractivity (Wildman–Crippen MR) is 74.6 cm³/mol. The van der Waals surface area contributed by atoms with E-state index in [0.29, 0.717) is 11.9 Å². The molecule has 1 atom stereocenters. The summed E-state index contributed by atoms with van der Waals surface area (Å²) in [6.45, 7) is 2.15. The molecule has 0 aromatic carbocycles. The van der Waals surface area contributed by atoms with Gasteiger partial charge in [-0.05, 0) is 32.1 Å². The molecule has 1 saturated heterocycles. The van der Waals surface area contributed by atoms with E-state index >= 15 is 0 Å². The number of ether oxygens (including phenoxy) is 1. The predicted octanol–water partition coefficient (Wildman–Crippen LogP) is 1.60. The Morgan fingerprint density at radius 1 is 1.32 bits per heavy atom. The van der Waals surface area contributed by atoms with Crippen LogP contribution in [0, 0.1) is 0 Å². The molecule has 2 fully saturated rings. The minimum absolute atomic E-state index is 0.550. The second-order valence-electron chi connectivity index (χ2n) is 5.44. The first-order chi connectivity index (χ1) is 9.36. The Labute approximate surface area is 114 Å². The van der Waals surface area contributed by atoms with Crippen molar-refractivity contribution >= 4 is 5.82 Å². The lowest BCUT2D eigenvalue weighted by Crippen LogP contribution is -2.46. The summed E-state index contributed by atoms with van der Waals surface area (Å²) in [5.74, 6) is 1.64. The normalized spacial score (nSPS) is 23.4. The van der Waals surface area contributed by atoms with Gasteiger partial charge in [0.15, 0.2) is 0 Å². The van der Waals surface area contributed by atoms with E-state index in [1.54, 1.807) is 13.4 Å².